The number of amides is 1. The molecular weight excluding hydrogens is 399 g/mol. The molecule has 2 aromatic heterocycles. The van der Waals surface area contributed by atoms with Crippen LogP contribution in [0.3, 0.4) is 0 Å². The van der Waals surface area contributed by atoms with Crippen LogP contribution in [0.5, 0.6) is 0 Å². The average molecular weight is 414 g/mol. The molecule has 0 saturated heterocycles. The zero-order chi connectivity index (χ0) is 19.6. The number of hydrogen-bond donors (Lipinski definition) is 1. The van der Waals surface area contributed by atoms with E-state index in [9.17, 15) is 13.6 Å². The molecule has 0 aliphatic heterocycles. The van der Waals surface area contributed by atoms with Crippen molar-refractivity contribution >= 4 is 34.9 Å². The number of anilines is 1. The molecule has 27 heavy (non-hydrogen) atoms. The number of carbonyl (C=O) groups excluding carboxylic acids is 1. The number of benzene rings is 1. The highest BCUT2D eigenvalue weighted by Crippen LogP contribution is 2.22. The molecule has 1 N–H and O–H groups in total. The van der Waals surface area contributed by atoms with Crippen LogP contribution in [0.25, 0.3) is 0 Å². The van der Waals surface area contributed by atoms with Crippen LogP contribution in [0.4, 0.5) is 14.6 Å². The summed E-state index contributed by atoms with van der Waals surface area (Å²) in [5.41, 5.74) is 1.04. The summed E-state index contributed by atoms with van der Waals surface area (Å²) in [7, 11) is 0. The van der Waals surface area contributed by atoms with Gasteiger partial charge in [-0.15, -0.1) is 0 Å². The number of aromatic nitrogens is 4. The van der Waals surface area contributed by atoms with Crippen molar-refractivity contribution in [2.75, 3.05) is 5.32 Å². The number of rotatable bonds is 6. The number of nitrogens with one attached hydrogen (secondary N) is 1. The second-order valence-electron chi connectivity index (χ2n) is 5.87. The summed E-state index contributed by atoms with van der Waals surface area (Å²) in [6.45, 7) is 1.64. The van der Waals surface area contributed by atoms with Crippen molar-refractivity contribution in [2.24, 2.45) is 0 Å². The van der Waals surface area contributed by atoms with E-state index in [1.807, 2.05) is 12.1 Å². The Hall–Kier alpha value is -2.45. The molecule has 0 atom stereocenters. The van der Waals surface area contributed by atoms with Gasteiger partial charge in [-0.25, -0.2) is 8.78 Å². The number of alkyl halides is 2. The van der Waals surface area contributed by atoms with Crippen LogP contribution >= 0.6 is 23.2 Å². The van der Waals surface area contributed by atoms with E-state index in [0.717, 1.165) is 10.2 Å². The predicted octanol–water partition coefficient (Wildman–Crippen LogP) is 4.32. The molecule has 142 valence electrons. The van der Waals surface area contributed by atoms with Gasteiger partial charge in [0.05, 0.1) is 12.2 Å². The van der Waals surface area contributed by atoms with Crippen molar-refractivity contribution in [1.82, 2.24) is 19.6 Å². The number of hydrogen-bond acceptors (Lipinski definition) is 3. The van der Waals surface area contributed by atoms with Gasteiger partial charge in [-0.05, 0) is 30.7 Å². The van der Waals surface area contributed by atoms with Crippen LogP contribution in [0.2, 0.25) is 10.0 Å². The third kappa shape index (κ3) is 4.84. The minimum absolute atomic E-state index is 0.151. The molecule has 0 radical (unpaired) electrons. The van der Waals surface area contributed by atoms with Gasteiger partial charge in [-0.2, -0.15) is 10.2 Å². The fraction of sp³-hybridized carbons (Fsp3) is 0.235. The second kappa shape index (κ2) is 8.06. The van der Waals surface area contributed by atoms with Crippen molar-refractivity contribution in [3.05, 3.63) is 63.5 Å². The van der Waals surface area contributed by atoms with E-state index in [1.54, 1.807) is 29.9 Å². The number of aryl methyl sites for hydroxylation is 1. The highest BCUT2D eigenvalue weighted by molar-refractivity contribution is 6.33. The first-order chi connectivity index (χ1) is 12.8. The van der Waals surface area contributed by atoms with Crippen molar-refractivity contribution in [3.8, 4) is 0 Å². The van der Waals surface area contributed by atoms with Crippen molar-refractivity contribution in [2.45, 2.75) is 26.4 Å². The van der Waals surface area contributed by atoms with Crippen LogP contribution < -0.4 is 5.32 Å². The molecule has 0 fully saturated rings. The molecule has 1 aromatic carbocycles. The Morgan fingerprint density at radius 3 is 2.59 bits per heavy atom. The Labute approximate surface area is 163 Å². The molecule has 6 nitrogen and oxygen atoms in total. The van der Waals surface area contributed by atoms with E-state index >= 15 is 0 Å². The lowest BCUT2D eigenvalue weighted by Gasteiger charge is -2.07. The molecule has 0 spiro atoms. The van der Waals surface area contributed by atoms with Gasteiger partial charge in [0, 0.05) is 11.2 Å². The van der Waals surface area contributed by atoms with Crippen molar-refractivity contribution in [3.63, 3.8) is 0 Å². The topological polar surface area (TPSA) is 64.7 Å². The maximum atomic E-state index is 13.0. The zero-order valence-electron chi connectivity index (χ0n) is 14.2. The summed E-state index contributed by atoms with van der Waals surface area (Å²) >= 11 is 12.0. The lowest BCUT2D eigenvalue weighted by atomic mass is 10.2. The highest BCUT2D eigenvalue weighted by atomic mass is 35.5. The molecule has 3 rings (SSSR count). The molecule has 2 heterocycles. The molecule has 1 amide bonds. The van der Waals surface area contributed by atoms with E-state index in [4.69, 9.17) is 23.2 Å². The maximum absolute atomic E-state index is 13.0. The summed E-state index contributed by atoms with van der Waals surface area (Å²) in [6, 6.07) is 8.46. The SMILES string of the molecule is Cc1cc(C(F)F)n(CC(=O)Nc2nn(Cc3ccc(Cl)cc3)cc2Cl)n1. The van der Waals surface area contributed by atoms with Gasteiger partial charge in [0.2, 0.25) is 5.91 Å². The lowest BCUT2D eigenvalue weighted by molar-refractivity contribution is -0.117. The summed E-state index contributed by atoms with van der Waals surface area (Å²) in [5.74, 6) is -0.406. The van der Waals surface area contributed by atoms with E-state index in [2.05, 4.69) is 15.5 Å². The first-order valence-electron chi connectivity index (χ1n) is 7.91. The second-order valence-corrected chi connectivity index (χ2v) is 6.71. The molecule has 0 saturated carbocycles. The number of nitrogens with zero attached hydrogens (tertiary/aromatic N) is 4. The van der Waals surface area contributed by atoms with Gasteiger partial charge in [0.1, 0.15) is 17.3 Å². The van der Waals surface area contributed by atoms with Gasteiger partial charge in [-0.3, -0.25) is 14.2 Å². The molecule has 3 aromatic rings. The summed E-state index contributed by atoms with van der Waals surface area (Å²) in [5, 5.41) is 11.5. The minimum atomic E-state index is -2.72. The first kappa shape index (κ1) is 19.3. The van der Waals surface area contributed by atoms with Gasteiger partial charge >= 0.3 is 0 Å². The molecule has 10 heteroatoms. The smallest absolute Gasteiger partial charge is 0.280 e. The summed E-state index contributed by atoms with van der Waals surface area (Å²) in [4.78, 5) is 12.2. The third-order valence-electron chi connectivity index (χ3n) is 3.68. The number of halogens is 4. The van der Waals surface area contributed by atoms with E-state index in [-0.39, 0.29) is 23.1 Å². The Bertz CT molecular complexity index is 953. The monoisotopic (exact) mass is 413 g/mol. The molecule has 0 aliphatic carbocycles. The third-order valence-corrected chi connectivity index (χ3v) is 4.21. The Morgan fingerprint density at radius 2 is 1.93 bits per heavy atom. The van der Waals surface area contributed by atoms with Gasteiger partial charge < -0.3 is 5.32 Å². The number of carbonyl (C=O) groups is 1. The average Bonchev–Trinajstić information content (AvgIpc) is 3.12. The first-order valence-corrected chi connectivity index (χ1v) is 8.67. The highest BCUT2D eigenvalue weighted by Gasteiger charge is 2.18. The zero-order valence-corrected chi connectivity index (χ0v) is 15.7. The van der Waals surface area contributed by atoms with Gasteiger partial charge in [0.25, 0.3) is 6.43 Å². The predicted molar refractivity (Wildman–Crippen MR) is 98.3 cm³/mol. The minimum Gasteiger partial charge on any atom is -0.306 e. The van der Waals surface area contributed by atoms with Crippen LogP contribution in [-0.4, -0.2) is 25.5 Å². The van der Waals surface area contributed by atoms with Crippen LogP contribution in [-0.2, 0) is 17.9 Å². The van der Waals surface area contributed by atoms with Crippen LogP contribution in [0.1, 0.15) is 23.4 Å². The Morgan fingerprint density at radius 1 is 1.22 bits per heavy atom. The van der Waals surface area contributed by atoms with E-state index < -0.39 is 12.3 Å². The summed E-state index contributed by atoms with van der Waals surface area (Å²) in [6.07, 6.45) is -1.16. The van der Waals surface area contributed by atoms with Crippen molar-refractivity contribution < 1.29 is 13.6 Å². The Kier molecular flexibility index (Phi) is 5.76. The summed E-state index contributed by atoms with van der Waals surface area (Å²) < 4.78 is 28.5. The molecule has 0 aliphatic rings. The molecule has 0 bridgehead atoms. The lowest BCUT2D eigenvalue weighted by Crippen LogP contribution is -2.21. The normalized spacial score (nSPS) is 11.2. The Balaban J connectivity index is 1.68. The molecular formula is C17H15Cl2F2N5O. The molecule has 0 unspecified atom stereocenters. The van der Waals surface area contributed by atoms with Crippen LogP contribution in [0, 0.1) is 6.92 Å². The van der Waals surface area contributed by atoms with Crippen LogP contribution in [0.15, 0.2) is 36.5 Å². The largest absolute Gasteiger partial charge is 0.306 e. The standard InChI is InChI=1S/C17H15Cl2F2N5O/c1-10-6-14(16(20)21)26(23-10)9-15(27)22-17-13(19)8-25(24-17)7-11-2-4-12(18)5-3-11/h2-6,8,16H,7,9H2,1H3,(H,22,24,27). The fourth-order valence-corrected chi connectivity index (χ4v) is 2.84. The maximum Gasteiger partial charge on any atom is 0.280 e. The fourth-order valence-electron chi connectivity index (χ4n) is 2.52. The van der Waals surface area contributed by atoms with E-state index in [0.29, 0.717) is 17.3 Å². The van der Waals surface area contributed by atoms with E-state index in [1.165, 1.54) is 6.07 Å². The quantitative estimate of drug-likeness (QED) is 0.654. The van der Waals surface area contributed by atoms with Gasteiger partial charge in [-0.1, -0.05) is 35.3 Å². The van der Waals surface area contributed by atoms with Gasteiger partial charge in [0.15, 0.2) is 5.82 Å². The van der Waals surface area contributed by atoms with Crippen molar-refractivity contribution in [1.29, 1.82) is 0 Å².